The normalized spacial score (nSPS) is 17.5. The Morgan fingerprint density at radius 1 is 1.27 bits per heavy atom. The first kappa shape index (κ1) is 16.5. The minimum atomic E-state index is -0.0732. The number of rotatable bonds is 3. The van der Waals surface area contributed by atoms with Gasteiger partial charge >= 0.3 is 0 Å². The van der Waals surface area contributed by atoms with Gasteiger partial charge in [0.25, 0.3) is 5.91 Å². The first-order chi connectivity index (χ1) is 12.6. The van der Waals surface area contributed by atoms with Gasteiger partial charge in [-0.2, -0.15) is 9.61 Å². The lowest BCUT2D eigenvalue weighted by atomic mass is 10.1. The summed E-state index contributed by atoms with van der Waals surface area (Å²) in [6.07, 6.45) is 5.25. The van der Waals surface area contributed by atoms with Crippen LogP contribution in [0.4, 0.5) is 5.82 Å². The van der Waals surface area contributed by atoms with E-state index >= 15 is 0 Å². The molecule has 7 nitrogen and oxygen atoms in total. The van der Waals surface area contributed by atoms with Crippen LogP contribution in [0.25, 0.3) is 5.65 Å². The first-order valence-corrected chi connectivity index (χ1v) is 8.90. The van der Waals surface area contributed by atoms with Crippen molar-refractivity contribution in [1.82, 2.24) is 24.9 Å². The van der Waals surface area contributed by atoms with Crippen molar-refractivity contribution in [3.63, 3.8) is 0 Å². The number of hydrogen-bond acceptors (Lipinski definition) is 5. The number of pyridine rings is 1. The molecule has 26 heavy (non-hydrogen) atoms. The molecule has 1 amide bonds. The second-order valence-electron chi connectivity index (χ2n) is 6.81. The van der Waals surface area contributed by atoms with Crippen LogP contribution in [-0.4, -0.2) is 44.6 Å². The standard InChI is InChI=1S/C19H22N6O/c1-13-10-18(25-17(21-13)9-14(2)23-25)24-8-4-6-16(12-24)22-19(26)15-5-3-7-20-11-15/h3,5,7,9-11,16H,4,6,8,12H2,1-2H3,(H,22,26). The van der Waals surface area contributed by atoms with Gasteiger partial charge in [0, 0.05) is 49.4 Å². The number of hydrogen-bond donors (Lipinski definition) is 1. The monoisotopic (exact) mass is 350 g/mol. The quantitative estimate of drug-likeness (QED) is 0.783. The number of piperidine rings is 1. The van der Waals surface area contributed by atoms with Crippen molar-refractivity contribution in [2.75, 3.05) is 18.0 Å². The van der Waals surface area contributed by atoms with Crippen LogP contribution in [0.15, 0.2) is 36.7 Å². The average molecular weight is 350 g/mol. The third kappa shape index (κ3) is 3.24. The molecule has 1 atom stereocenters. The highest BCUT2D eigenvalue weighted by Crippen LogP contribution is 2.22. The molecule has 0 aliphatic carbocycles. The summed E-state index contributed by atoms with van der Waals surface area (Å²) in [6.45, 7) is 5.67. The van der Waals surface area contributed by atoms with Crippen molar-refractivity contribution in [3.05, 3.63) is 53.6 Å². The molecule has 0 aromatic carbocycles. The van der Waals surface area contributed by atoms with E-state index in [0.29, 0.717) is 5.56 Å². The summed E-state index contributed by atoms with van der Waals surface area (Å²) >= 11 is 0. The van der Waals surface area contributed by atoms with E-state index in [1.54, 1.807) is 24.5 Å². The van der Waals surface area contributed by atoms with E-state index in [0.717, 1.165) is 48.8 Å². The van der Waals surface area contributed by atoms with Gasteiger partial charge in [0.15, 0.2) is 5.65 Å². The van der Waals surface area contributed by atoms with Gasteiger partial charge in [-0.3, -0.25) is 9.78 Å². The first-order valence-electron chi connectivity index (χ1n) is 8.90. The maximum Gasteiger partial charge on any atom is 0.253 e. The van der Waals surface area contributed by atoms with Crippen molar-refractivity contribution in [3.8, 4) is 0 Å². The molecule has 0 radical (unpaired) electrons. The summed E-state index contributed by atoms with van der Waals surface area (Å²) in [5.41, 5.74) is 3.37. The Kier molecular flexibility index (Phi) is 4.28. The maximum absolute atomic E-state index is 12.4. The lowest BCUT2D eigenvalue weighted by Gasteiger charge is -2.34. The Balaban J connectivity index is 1.55. The summed E-state index contributed by atoms with van der Waals surface area (Å²) in [6, 6.07) is 7.70. The molecule has 1 unspecified atom stereocenters. The fraction of sp³-hybridized carbons (Fsp3) is 0.368. The van der Waals surface area contributed by atoms with Crippen LogP contribution < -0.4 is 10.2 Å². The highest BCUT2D eigenvalue weighted by molar-refractivity contribution is 5.94. The molecule has 1 saturated heterocycles. The molecule has 0 spiro atoms. The van der Waals surface area contributed by atoms with Crippen LogP contribution in [0.1, 0.15) is 34.6 Å². The van der Waals surface area contributed by atoms with E-state index in [1.807, 2.05) is 24.4 Å². The zero-order chi connectivity index (χ0) is 18.1. The Morgan fingerprint density at radius 3 is 2.96 bits per heavy atom. The minimum Gasteiger partial charge on any atom is -0.354 e. The van der Waals surface area contributed by atoms with Gasteiger partial charge in [-0.05, 0) is 38.8 Å². The fourth-order valence-corrected chi connectivity index (χ4v) is 3.49. The molecule has 1 fully saturated rings. The molecule has 3 aromatic rings. The third-order valence-electron chi connectivity index (χ3n) is 4.66. The number of aromatic nitrogens is 4. The topological polar surface area (TPSA) is 75.4 Å². The van der Waals surface area contributed by atoms with Gasteiger partial charge in [0.1, 0.15) is 5.82 Å². The molecule has 3 aromatic heterocycles. The Bertz CT molecular complexity index is 936. The molecule has 7 heteroatoms. The van der Waals surface area contributed by atoms with Gasteiger partial charge in [0.2, 0.25) is 0 Å². The van der Waals surface area contributed by atoms with Gasteiger partial charge in [-0.15, -0.1) is 0 Å². The highest BCUT2D eigenvalue weighted by atomic mass is 16.1. The number of aryl methyl sites for hydroxylation is 2. The van der Waals surface area contributed by atoms with E-state index in [2.05, 4.69) is 31.3 Å². The molecule has 1 aliphatic heterocycles. The number of anilines is 1. The Hall–Kier alpha value is -2.96. The van der Waals surface area contributed by atoms with Crippen LogP contribution in [-0.2, 0) is 0 Å². The molecule has 0 bridgehead atoms. The molecule has 134 valence electrons. The van der Waals surface area contributed by atoms with E-state index in [-0.39, 0.29) is 11.9 Å². The van der Waals surface area contributed by atoms with Crippen molar-refractivity contribution in [2.45, 2.75) is 32.7 Å². The Morgan fingerprint density at radius 2 is 2.15 bits per heavy atom. The van der Waals surface area contributed by atoms with Gasteiger partial charge in [-0.1, -0.05) is 0 Å². The maximum atomic E-state index is 12.4. The van der Waals surface area contributed by atoms with E-state index in [9.17, 15) is 4.79 Å². The average Bonchev–Trinajstić information content (AvgIpc) is 3.02. The van der Waals surface area contributed by atoms with Crippen molar-refractivity contribution in [2.24, 2.45) is 0 Å². The molecular formula is C19H22N6O. The molecule has 4 heterocycles. The van der Waals surface area contributed by atoms with Crippen LogP contribution >= 0.6 is 0 Å². The minimum absolute atomic E-state index is 0.0732. The summed E-state index contributed by atoms with van der Waals surface area (Å²) in [5, 5.41) is 7.72. The molecule has 1 aliphatic rings. The van der Waals surface area contributed by atoms with Crippen LogP contribution in [0, 0.1) is 13.8 Å². The summed E-state index contributed by atoms with van der Waals surface area (Å²) in [7, 11) is 0. The highest BCUT2D eigenvalue weighted by Gasteiger charge is 2.24. The molecule has 0 saturated carbocycles. The number of nitrogens with zero attached hydrogens (tertiary/aromatic N) is 5. The lowest BCUT2D eigenvalue weighted by Crippen LogP contribution is -2.48. The fourth-order valence-electron chi connectivity index (χ4n) is 3.49. The second-order valence-corrected chi connectivity index (χ2v) is 6.81. The zero-order valence-corrected chi connectivity index (χ0v) is 15.0. The SMILES string of the molecule is Cc1cc(N2CCCC(NC(=O)c3cccnc3)C2)n2nc(C)cc2n1. The van der Waals surface area contributed by atoms with Crippen LogP contribution in [0.3, 0.4) is 0 Å². The number of nitrogens with one attached hydrogen (secondary N) is 1. The smallest absolute Gasteiger partial charge is 0.253 e. The van der Waals surface area contributed by atoms with E-state index in [4.69, 9.17) is 0 Å². The molecule has 1 N–H and O–H groups in total. The number of fused-ring (bicyclic) bond motifs is 1. The van der Waals surface area contributed by atoms with Crippen molar-refractivity contribution < 1.29 is 4.79 Å². The summed E-state index contributed by atoms with van der Waals surface area (Å²) in [4.78, 5) is 23.3. The van der Waals surface area contributed by atoms with Gasteiger partial charge in [-0.25, -0.2) is 4.98 Å². The lowest BCUT2D eigenvalue weighted by molar-refractivity contribution is 0.0932. The largest absolute Gasteiger partial charge is 0.354 e. The third-order valence-corrected chi connectivity index (χ3v) is 4.66. The predicted octanol–water partition coefficient (Wildman–Crippen LogP) is 2.14. The van der Waals surface area contributed by atoms with Gasteiger partial charge in [0.05, 0.1) is 11.3 Å². The van der Waals surface area contributed by atoms with Crippen molar-refractivity contribution >= 4 is 17.4 Å². The molecule has 4 rings (SSSR count). The second kappa shape index (κ2) is 6.74. The van der Waals surface area contributed by atoms with E-state index < -0.39 is 0 Å². The van der Waals surface area contributed by atoms with Gasteiger partial charge < -0.3 is 10.2 Å². The number of amides is 1. The van der Waals surface area contributed by atoms with Crippen LogP contribution in [0.2, 0.25) is 0 Å². The molecular weight excluding hydrogens is 328 g/mol. The predicted molar refractivity (Wildman–Crippen MR) is 99.4 cm³/mol. The number of carbonyl (C=O) groups is 1. The summed E-state index contributed by atoms with van der Waals surface area (Å²) in [5.74, 6) is 0.955. The zero-order valence-electron chi connectivity index (χ0n) is 15.0. The van der Waals surface area contributed by atoms with Crippen LogP contribution in [0.5, 0.6) is 0 Å². The van der Waals surface area contributed by atoms with Crippen molar-refractivity contribution in [1.29, 1.82) is 0 Å². The summed E-state index contributed by atoms with van der Waals surface area (Å²) < 4.78 is 1.90. The number of carbonyl (C=O) groups excluding carboxylic acids is 1. The van der Waals surface area contributed by atoms with E-state index in [1.165, 1.54) is 0 Å². The Labute approximate surface area is 152 Å².